The van der Waals surface area contributed by atoms with Gasteiger partial charge in [-0.1, -0.05) is 0 Å². The maximum absolute atomic E-state index is 12.8. The van der Waals surface area contributed by atoms with E-state index in [1.54, 1.807) is 30.0 Å². The fraction of sp³-hybridized carbons (Fsp3) is 0.294. The van der Waals surface area contributed by atoms with Gasteiger partial charge in [-0.2, -0.15) is 0 Å². The number of hydrogen-bond donors (Lipinski definition) is 2. The zero-order valence-corrected chi connectivity index (χ0v) is 14.9. The summed E-state index contributed by atoms with van der Waals surface area (Å²) < 4.78 is 12.8. The van der Waals surface area contributed by atoms with Crippen molar-refractivity contribution in [2.75, 3.05) is 18.8 Å². The van der Waals surface area contributed by atoms with Crippen LogP contribution >= 0.6 is 23.1 Å². The fourth-order valence-corrected chi connectivity index (χ4v) is 3.52. The van der Waals surface area contributed by atoms with Crippen LogP contribution in [0.2, 0.25) is 0 Å². The van der Waals surface area contributed by atoms with Gasteiger partial charge in [0.2, 0.25) is 5.91 Å². The Morgan fingerprint density at radius 2 is 1.88 bits per heavy atom. The van der Waals surface area contributed by atoms with Gasteiger partial charge >= 0.3 is 0 Å². The third kappa shape index (κ3) is 6.33. The summed E-state index contributed by atoms with van der Waals surface area (Å²) in [7, 11) is 0. The summed E-state index contributed by atoms with van der Waals surface area (Å²) in [5.74, 6) is 0.150. The maximum Gasteiger partial charge on any atom is 0.261 e. The summed E-state index contributed by atoms with van der Waals surface area (Å²) in [4.78, 5) is 26.2. The molecule has 2 aromatic rings. The second kappa shape index (κ2) is 9.44. The number of halogens is 1. The van der Waals surface area contributed by atoms with Gasteiger partial charge in [-0.05, 0) is 55.5 Å². The molecule has 2 rings (SSSR count). The predicted molar refractivity (Wildman–Crippen MR) is 96.1 cm³/mol. The Balaban J connectivity index is 1.56. The summed E-state index contributed by atoms with van der Waals surface area (Å²) in [6.07, 6.45) is 0.797. The largest absolute Gasteiger partial charge is 0.355 e. The van der Waals surface area contributed by atoms with Crippen LogP contribution in [0.5, 0.6) is 0 Å². The lowest BCUT2D eigenvalue weighted by Crippen LogP contribution is -2.37. The first kappa shape index (κ1) is 18.5. The van der Waals surface area contributed by atoms with Gasteiger partial charge in [0, 0.05) is 16.3 Å². The lowest BCUT2D eigenvalue weighted by molar-refractivity contribution is -0.120. The molecule has 4 nitrogen and oxygen atoms in total. The number of carbonyl (C=O) groups excluding carboxylic acids is 2. The summed E-state index contributed by atoms with van der Waals surface area (Å²) in [6.45, 7) is 2.44. The molecule has 0 atom stereocenters. The third-order valence-electron chi connectivity index (χ3n) is 3.10. The normalized spacial score (nSPS) is 10.4. The molecule has 24 heavy (non-hydrogen) atoms. The molecule has 0 unspecified atom stereocenters. The highest BCUT2D eigenvalue weighted by molar-refractivity contribution is 7.99. The molecular formula is C17H19FN2O2S2. The van der Waals surface area contributed by atoms with Crippen LogP contribution in [0.3, 0.4) is 0 Å². The first-order valence-electron chi connectivity index (χ1n) is 7.54. The van der Waals surface area contributed by atoms with Crippen LogP contribution in [0.4, 0.5) is 4.39 Å². The number of hydrogen-bond acceptors (Lipinski definition) is 4. The Bertz CT molecular complexity index is 686. The Hall–Kier alpha value is -1.86. The van der Waals surface area contributed by atoms with E-state index in [2.05, 4.69) is 10.6 Å². The monoisotopic (exact) mass is 366 g/mol. The van der Waals surface area contributed by atoms with E-state index in [9.17, 15) is 14.0 Å². The number of thioether (sulfide) groups is 1. The minimum Gasteiger partial charge on any atom is -0.355 e. The molecule has 1 aromatic carbocycles. The molecule has 0 aliphatic carbocycles. The summed E-state index contributed by atoms with van der Waals surface area (Å²) in [5.41, 5.74) is 0. The molecule has 0 aliphatic rings. The van der Waals surface area contributed by atoms with Crippen LogP contribution in [-0.2, 0) is 4.79 Å². The summed E-state index contributed by atoms with van der Waals surface area (Å²) in [6, 6.07) is 9.96. The van der Waals surface area contributed by atoms with E-state index in [0.717, 1.165) is 21.9 Å². The first-order valence-corrected chi connectivity index (χ1v) is 9.34. The third-order valence-corrected chi connectivity index (χ3v) is 5.20. The van der Waals surface area contributed by atoms with Gasteiger partial charge in [-0.15, -0.1) is 23.1 Å². The van der Waals surface area contributed by atoms with Gasteiger partial charge in [-0.3, -0.25) is 9.59 Å². The van der Waals surface area contributed by atoms with Crippen molar-refractivity contribution in [1.29, 1.82) is 0 Å². The van der Waals surface area contributed by atoms with Crippen molar-refractivity contribution in [1.82, 2.24) is 10.6 Å². The Morgan fingerprint density at radius 3 is 2.54 bits per heavy atom. The molecule has 0 radical (unpaired) electrons. The minimum absolute atomic E-state index is 0.0269. The number of carbonyl (C=O) groups is 2. The zero-order valence-electron chi connectivity index (χ0n) is 13.3. The lowest BCUT2D eigenvalue weighted by atomic mass is 10.4. The van der Waals surface area contributed by atoms with Crippen molar-refractivity contribution in [2.45, 2.75) is 18.2 Å². The molecule has 0 fully saturated rings. The van der Waals surface area contributed by atoms with Crippen molar-refractivity contribution >= 4 is 34.9 Å². The van der Waals surface area contributed by atoms with E-state index in [0.29, 0.717) is 11.4 Å². The maximum atomic E-state index is 12.8. The van der Waals surface area contributed by atoms with Crippen LogP contribution in [0.1, 0.15) is 21.0 Å². The molecule has 1 heterocycles. The van der Waals surface area contributed by atoms with Crippen LogP contribution in [-0.4, -0.2) is 30.7 Å². The van der Waals surface area contributed by atoms with Gasteiger partial charge < -0.3 is 10.6 Å². The smallest absolute Gasteiger partial charge is 0.261 e. The highest BCUT2D eigenvalue weighted by Gasteiger charge is 2.09. The lowest BCUT2D eigenvalue weighted by Gasteiger charge is -2.06. The molecule has 0 spiro atoms. The fourth-order valence-electron chi connectivity index (χ4n) is 1.89. The molecule has 2 N–H and O–H groups in total. The SMILES string of the molecule is Cc1ccc(C(=O)NCC(=O)NCCCSc2ccc(F)cc2)s1. The summed E-state index contributed by atoms with van der Waals surface area (Å²) >= 11 is 3.01. The van der Waals surface area contributed by atoms with Crippen LogP contribution in [0.25, 0.3) is 0 Å². The van der Waals surface area contributed by atoms with Gasteiger partial charge in [0.15, 0.2) is 0 Å². The Morgan fingerprint density at radius 1 is 1.12 bits per heavy atom. The topological polar surface area (TPSA) is 58.2 Å². The molecule has 128 valence electrons. The summed E-state index contributed by atoms with van der Waals surface area (Å²) in [5, 5.41) is 5.37. The Labute approximate surface area is 148 Å². The van der Waals surface area contributed by atoms with Gasteiger partial charge in [-0.25, -0.2) is 4.39 Å². The first-order chi connectivity index (χ1) is 11.5. The Kier molecular flexibility index (Phi) is 7.27. The quantitative estimate of drug-likeness (QED) is 0.557. The highest BCUT2D eigenvalue weighted by Crippen LogP contribution is 2.18. The number of nitrogens with one attached hydrogen (secondary N) is 2. The van der Waals surface area contributed by atoms with Gasteiger partial charge in [0.05, 0.1) is 11.4 Å². The van der Waals surface area contributed by atoms with Crippen molar-refractivity contribution in [3.05, 3.63) is 52.0 Å². The average Bonchev–Trinajstić information content (AvgIpc) is 3.00. The zero-order chi connectivity index (χ0) is 17.4. The molecule has 7 heteroatoms. The van der Waals surface area contributed by atoms with Gasteiger partial charge in [0.25, 0.3) is 5.91 Å². The van der Waals surface area contributed by atoms with Crippen molar-refractivity contribution in [3.63, 3.8) is 0 Å². The van der Waals surface area contributed by atoms with E-state index in [-0.39, 0.29) is 24.2 Å². The van der Waals surface area contributed by atoms with E-state index in [1.807, 2.05) is 13.0 Å². The van der Waals surface area contributed by atoms with E-state index in [1.165, 1.54) is 23.5 Å². The number of aryl methyl sites for hydroxylation is 1. The highest BCUT2D eigenvalue weighted by atomic mass is 32.2. The standard InChI is InChI=1S/C17H19FN2O2S2/c1-12-3-8-15(24-12)17(22)20-11-16(21)19-9-2-10-23-14-6-4-13(18)5-7-14/h3-8H,2,9-11H2,1H3,(H,19,21)(H,20,22). The van der Waals surface area contributed by atoms with Crippen LogP contribution < -0.4 is 10.6 Å². The van der Waals surface area contributed by atoms with Crippen molar-refractivity contribution in [2.24, 2.45) is 0 Å². The molecular weight excluding hydrogens is 347 g/mol. The van der Waals surface area contributed by atoms with Crippen molar-refractivity contribution < 1.29 is 14.0 Å². The number of rotatable bonds is 8. The molecule has 0 saturated heterocycles. The predicted octanol–water partition coefficient (Wildman–Crippen LogP) is 3.22. The molecule has 2 amide bonds. The molecule has 0 saturated carbocycles. The number of thiophene rings is 1. The van der Waals surface area contributed by atoms with E-state index < -0.39 is 0 Å². The second-order valence-electron chi connectivity index (χ2n) is 5.10. The van der Waals surface area contributed by atoms with E-state index in [4.69, 9.17) is 0 Å². The number of benzene rings is 1. The second-order valence-corrected chi connectivity index (χ2v) is 7.56. The average molecular weight is 366 g/mol. The van der Waals surface area contributed by atoms with Gasteiger partial charge in [0.1, 0.15) is 5.82 Å². The minimum atomic E-state index is -0.244. The molecule has 0 aliphatic heterocycles. The van der Waals surface area contributed by atoms with Crippen molar-refractivity contribution in [3.8, 4) is 0 Å². The molecule has 0 bridgehead atoms. The van der Waals surface area contributed by atoms with E-state index >= 15 is 0 Å². The van der Waals surface area contributed by atoms with Crippen LogP contribution in [0.15, 0.2) is 41.3 Å². The number of amides is 2. The van der Waals surface area contributed by atoms with Crippen LogP contribution in [0, 0.1) is 12.7 Å². The molecule has 1 aromatic heterocycles.